The summed E-state index contributed by atoms with van der Waals surface area (Å²) in [5.41, 5.74) is 2.73. The first-order valence-electron chi connectivity index (χ1n) is 6.94. The van der Waals surface area contributed by atoms with E-state index in [4.69, 9.17) is 16.1 Å². The first-order chi connectivity index (χ1) is 11.3. The Hall–Kier alpha value is -2.31. The van der Waals surface area contributed by atoms with Crippen molar-refractivity contribution in [1.82, 2.24) is 20.1 Å². The molecule has 7 heteroatoms. The molecular weight excluding hydrogens is 332 g/mol. The monoisotopic (exact) mass is 342 g/mol. The van der Waals surface area contributed by atoms with Gasteiger partial charge in [-0.1, -0.05) is 58.9 Å². The normalized spacial score (nSPS) is 11.2. The van der Waals surface area contributed by atoms with E-state index in [1.807, 2.05) is 48.5 Å². The van der Waals surface area contributed by atoms with E-state index in [9.17, 15) is 0 Å². The number of hydrogen-bond acceptors (Lipinski definition) is 5. The van der Waals surface area contributed by atoms with E-state index >= 15 is 0 Å². The summed E-state index contributed by atoms with van der Waals surface area (Å²) < 4.78 is 5.29. The molecule has 5 nitrogen and oxygen atoms in total. The number of fused-ring (bicyclic) bond motifs is 1. The predicted molar refractivity (Wildman–Crippen MR) is 90.4 cm³/mol. The van der Waals surface area contributed by atoms with Crippen molar-refractivity contribution < 1.29 is 4.52 Å². The molecule has 0 aliphatic rings. The van der Waals surface area contributed by atoms with Crippen LogP contribution in [0.4, 0.5) is 0 Å². The molecule has 0 amide bonds. The van der Waals surface area contributed by atoms with Crippen LogP contribution in [0.15, 0.2) is 58.2 Å². The Labute approximate surface area is 141 Å². The second-order valence-corrected chi connectivity index (χ2v) is 6.27. The third kappa shape index (κ3) is 3.09. The Bertz CT molecular complexity index is 951. The Kier molecular flexibility index (Phi) is 3.77. The van der Waals surface area contributed by atoms with Crippen molar-refractivity contribution in [2.75, 3.05) is 0 Å². The maximum Gasteiger partial charge on any atom is 0.237 e. The minimum absolute atomic E-state index is 0.549. The maximum absolute atomic E-state index is 5.97. The van der Waals surface area contributed by atoms with Gasteiger partial charge >= 0.3 is 0 Å². The van der Waals surface area contributed by atoms with E-state index in [0.717, 1.165) is 21.8 Å². The standard InChI is InChI=1S/C16H11ClN4OS/c17-11-6-7-12-13(8-11)19-16(18-12)23-9-14-20-15(21-22-14)10-4-2-1-3-5-10/h1-8H,9H2,(H,18,19). The minimum Gasteiger partial charge on any atom is -0.338 e. The summed E-state index contributed by atoms with van der Waals surface area (Å²) in [6, 6.07) is 15.3. The number of halogens is 1. The lowest BCUT2D eigenvalue weighted by molar-refractivity contribution is 0.391. The number of nitrogens with one attached hydrogen (secondary N) is 1. The summed E-state index contributed by atoms with van der Waals surface area (Å²) in [6.45, 7) is 0. The lowest BCUT2D eigenvalue weighted by Gasteiger charge is -1.92. The highest BCUT2D eigenvalue weighted by molar-refractivity contribution is 7.98. The zero-order valence-electron chi connectivity index (χ0n) is 11.9. The van der Waals surface area contributed by atoms with Gasteiger partial charge < -0.3 is 9.51 Å². The number of H-pyrrole nitrogens is 1. The topological polar surface area (TPSA) is 67.6 Å². The summed E-state index contributed by atoms with van der Waals surface area (Å²) >= 11 is 7.48. The van der Waals surface area contributed by atoms with Gasteiger partial charge in [-0.05, 0) is 18.2 Å². The van der Waals surface area contributed by atoms with Crippen LogP contribution in [-0.4, -0.2) is 20.1 Å². The molecule has 114 valence electrons. The van der Waals surface area contributed by atoms with Crippen LogP contribution < -0.4 is 0 Å². The van der Waals surface area contributed by atoms with Gasteiger partial charge in [0.1, 0.15) is 0 Å². The van der Waals surface area contributed by atoms with Gasteiger partial charge in [-0.3, -0.25) is 0 Å². The number of aromatic amines is 1. The van der Waals surface area contributed by atoms with E-state index < -0.39 is 0 Å². The number of nitrogens with zero attached hydrogens (tertiary/aromatic N) is 3. The number of benzene rings is 2. The molecule has 2 aromatic carbocycles. The zero-order valence-corrected chi connectivity index (χ0v) is 13.4. The first-order valence-corrected chi connectivity index (χ1v) is 8.30. The molecule has 0 fully saturated rings. The van der Waals surface area contributed by atoms with E-state index in [2.05, 4.69) is 20.1 Å². The lowest BCUT2D eigenvalue weighted by atomic mass is 10.2. The molecule has 0 radical (unpaired) electrons. The van der Waals surface area contributed by atoms with Crippen LogP contribution in [0.3, 0.4) is 0 Å². The van der Waals surface area contributed by atoms with E-state index in [1.165, 1.54) is 11.8 Å². The van der Waals surface area contributed by atoms with E-state index in [0.29, 0.717) is 22.5 Å². The summed E-state index contributed by atoms with van der Waals surface area (Å²) in [5, 5.41) is 5.48. The van der Waals surface area contributed by atoms with Crippen molar-refractivity contribution >= 4 is 34.4 Å². The molecule has 0 saturated carbocycles. The Balaban J connectivity index is 1.49. The van der Waals surface area contributed by atoms with Gasteiger partial charge in [-0.25, -0.2) is 4.98 Å². The Morgan fingerprint density at radius 1 is 1.09 bits per heavy atom. The molecule has 0 aliphatic carbocycles. The average molecular weight is 343 g/mol. The largest absolute Gasteiger partial charge is 0.338 e. The van der Waals surface area contributed by atoms with Gasteiger partial charge in [0.25, 0.3) is 0 Å². The number of thioether (sulfide) groups is 1. The second-order valence-electron chi connectivity index (χ2n) is 4.87. The van der Waals surface area contributed by atoms with Gasteiger partial charge in [-0.15, -0.1) is 0 Å². The molecule has 23 heavy (non-hydrogen) atoms. The molecule has 2 heterocycles. The van der Waals surface area contributed by atoms with Gasteiger partial charge in [-0.2, -0.15) is 4.98 Å². The van der Waals surface area contributed by atoms with E-state index in [-0.39, 0.29) is 0 Å². The average Bonchev–Trinajstić information content (AvgIpc) is 3.20. The summed E-state index contributed by atoms with van der Waals surface area (Å²) in [7, 11) is 0. The van der Waals surface area contributed by atoms with E-state index in [1.54, 1.807) is 0 Å². The van der Waals surface area contributed by atoms with Gasteiger partial charge in [0.05, 0.1) is 16.8 Å². The quantitative estimate of drug-likeness (QED) is 0.551. The van der Waals surface area contributed by atoms with Crippen LogP contribution >= 0.6 is 23.4 Å². The molecule has 0 bridgehead atoms. The second kappa shape index (κ2) is 6.06. The fourth-order valence-corrected chi connectivity index (χ4v) is 3.07. The molecule has 1 N–H and O–H groups in total. The number of aromatic nitrogens is 4. The van der Waals surface area contributed by atoms with Crippen molar-refractivity contribution in [3.05, 3.63) is 59.4 Å². The zero-order chi connectivity index (χ0) is 15.6. The van der Waals surface area contributed by atoms with Gasteiger partial charge in [0.2, 0.25) is 11.7 Å². The molecule has 4 aromatic rings. The highest BCUT2D eigenvalue weighted by Crippen LogP contribution is 2.25. The molecule has 0 unspecified atom stereocenters. The first kappa shape index (κ1) is 14.3. The Morgan fingerprint density at radius 3 is 2.83 bits per heavy atom. The van der Waals surface area contributed by atoms with Crippen LogP contribution in [0.1, 0.15) is 5.89 Å². The maximum atomic E-state index is 5.97. The lowest BCUT2D eigenvalue weighted by Crippen LogP contribution is -1.83. The molecule has 4 rings (SSSR count). The van der Waals surface area contributed by atoms with Crippen LogP contribution in [0.2, 0.25) is 5.02 Å². The fraction of sp³-hybridized carbons (Fsp3) is 0.0625. The minimum atomic E-state index is 0.549. The summed E-state index contributed by atoms with van der Waals surface area (Å²) in [6.07, 6.45) is 0. The molecule has 0 spiro atoms. The van der Waals surface area contributed by atoms with Crippen molar-refractivity contribution in [2.45, 2.75) is 10.9 Å². The highest BCUT2D eigenvalue weighted by Gasteiger charge is 2.10. The number of hydrogen-bond donors (Lipinski definition) is 1. The van der Waals surface area contributed by atoms with Gasteiger partial charge in [0.15, 0.2) is 5.16 Å². The van der Waals surface area contributed by atoms with Crippen LogP contribution in [0, 0.1) is 0 Å². The highest BCUT2D eigenvalue weighted by atomic mass is 35.5. The third-order valence-corrected chi connectivity index (χ3v) is 4.35. The number of imidazole rings is 1. The molecule has 2 aromatic heterocycles. The van der Waals surface area contributed by atoms with Crippen LogP contribution in [0.25, 0.3) is 22.4 Å². The fourth-order valence-electron chi connectivity index (χ4n) is 2.17. The van der Waals surface area contributed by atoms with Crippen molar-refractivity contribution in [3.63, 3.8) is 0 Å². The van der Waals surface area contributed by atoms with Gasteiger partial charge in [0, 0.05) is 10.6 Å². The summed E-state index contributed by atoms with van der Waals surface area (Å²) in [4.78, 5) is 12.1. The van der Waals surface area contributed by atoms with Crippen molar-refractivity contribution in [3.8, 4) is 11.4 Å². The van der Waals surface area contributed by atoms with Crippen molar-refractivity contribution in [1.29, 1.82) is 0 Å². The molecular formula is C16H11ClN4OS. The predicted octanol–water partition coefficient (Wildman–Crippen LogP) is 4.56. The van der Waals surface area contributed by atoms with Crippen LogP contribution in [0.5, 0.6) is 0 Å². The molecule has 0 aliphatic heterocycles. The van der Waals surface area contributed by atoms with Crippen molar-refractivity contribution in [2.24, 2.45) is 0 Å². The van der Waals surface area contributed by atoms with Crippen LogP contribution in [-0.2, 0) is 5.75 Å². The summed E-state index contributed by atoms with van der Waals surface area (Å²) in [5.74, 6) is 1.71. The molecule has 0 atom stereocenters. The third-order valence-electron chi connectivity index (χ3n) is 3.25. The number of rotatable bonds is 4. The SMILES string of the molecule is Clc1ccc2nc(SCc3nc(-c4ccccc4)no3)[nH]c2c1. The smallest absolute Gasteiger partial charge is 0.237 e. The Morgan fingerprint density at radius 2 is 1.96 bits per heavy atom. The molecule has 0 saturated heterocycles.